The molecule has 0 amide bonds. The lowest BCUT2D eigenvalue weighted by Crippen LogP contribution is -1.95. The van der Waals surface area contributed by atoms with E-state index in [1.807, 2.05) is 22.6 Å². The third kappa shape index (κ3) is 1.62. The van der Waals surface area contributed by atoms with Crippen molar-refractivity contribution >= 4 is 39.9 Å². The lowest BCUT2D eigenvalue weighted by atomic mass is 10.5. The normalized spacial score (nSPS) is 9.44. The summed E-state index contributed by atoms with van der Waals surface area (Å²) in [4.78, 5) is 13.9. The average molecular weight is 255 g/mol. The molecular formula is C4H2INO2S. The van der Waals surface area contributed by atoms with Gasteiger partial charge >= 0.3 is 5.97 Å². The number of halogens is 1. The number of hydrogen-bond donors (Lipinski definition) is 1. The van der Waals surface area contributed by atoms with Crippen LogP contribution in [0.15, 0.2) is 5.38 Å². The molecule has 1 heterocycles. The van der Waals surface area contributed by atoms with E-state index in [4.69, 9.17) is 5.11 Å². The van der Waals surface area contributed by atoms with Crippen molar-refractivity contribution in [2.24, 2.45) is 0 Å². The lowest BCUT2D eigenvalue weighted by molar-refractivity contribution is 0.0691. The zero-order chi connectivity index (χ0) is 6.85. The Labute approximate surface area is 68.9 Å². The molecule has 0 aliphatic carbocycles. The summed E-state index contributed by atoms with van der Waals surface area (Å²) in [5, 5.41) is 9.86. The van der Waals surface area contributed by atoms with E-state index >= 15 is 0 Å². The molecule has 3 nitrogen and oxygen atoms in total. The molecule has 1 rings (SSSR count). The van der Waals surface area contributed by atoms with E-state index in [1.165, 1.54) is 16.7 Å². The monoisotopic (exact) mass is 255 g/mol. The molecule has 5 heteroatoms. The van der Waals surface area contributed by atoms with Gasteiger partial charge in [-0.25, -0.2) is 9.78 Å². The molecular weight excluding hydrogens is 253 g/mol. The molecule has 0 bridgehead atoms. The Kier molecular flexibility index (Phi) is 2.01. The molecule has 0 radical (unpaired) electrons. The van der Waals surface area contributed by atoms with E-state index in [-0.39, 0.29) is 5.69 Å². The molecule has 0 saturated heterocycles. The number of aromatic nitrogens is 1. The average Bonchev–Trinajstić information content (AvgIpc) is 2.14. The number of hydrogen-bond acceptors (Lipinski definition) is 3. The molecule has 9 heavy (non-hydrogen) atoms. The molecule has 0 spiro atoms. The molecule has 0 unspecified atom stereocenters. The number of aromatic carboxylic acids is 1. The second kappa shape index (κ2) is 2.61. The molecule has 0 fully saturated rings. The fourth-order valence-corrected chi connectivity index (χ4v) is 1.50. The van der Waals surface area contributed by atoms with Gasteiger partial charge in [-0.3, -0.25) is 0 Å². The maximum atomic E-state index is 10.2. The van der Waals surface area contributed by atoms with Gasteiger partial charge in [-0.2, -0.15) is 0 Å². The first-order valence-corrected chi connectivity index (χ1v) is 4.00. The Bertz CT molecular complexity index is 234. The highest BCUT2D eigenvalue weighted by Crippen LogP contribution is 2.11. The van der Waals surface area contributed by atoms with Gasteiger partial charge in [0.1, 0.15) is 0 Å². The van der Waals surface area contributed by atoms with Crippen molar-refractivity contribution in [1.29, 1.82) is 0 Å². The van der Waals surface area contributed by atoms with E-state index in [9.17, 15) is 4.79 Å². The van der Waals surface area contributed by atoms with Gasteiger partial charge in [-0.1, -0.05) is 0 Å². The molecule has 48 valence electrons. The minimum absolute atomic E-state index is 0.129. The van der Waals surface area contributed by atoms with Crippen LogP contribution in [0.4, 0.5) is 0 Å². The predicted octanol–water partition coefficient (Wildman–Crippen LogP) is 1.45. The first-order chi connectivity index (χ1) is 4.20. The van der Waals surface area contributed by atoms with Crippen molar-refractivity contribution in [2.75, 3.05) is 0 Å². The second-order valence-electron chi connectivity index (χ2n) is 1.29. The summed E-state index contributed by atoms with van der Waals surface area (Å²) < 4.78 is 0.755. The molecule has 1 aromatic rings. The summed E-state index contributed by atoms with van der Waals surface area (Å²) in [6.45, 7) is 0. The van der Waals surface area contributed by atoms with Crippen LogP contribution in [0.3, 0.4) is 0 Å². The van der Waals surface area contributed by atoms with Gasteiger partial charge in [0.25, 0.3) is 0 Å². The van der Waals surface area contributed by atoms with Crippen molar-refractivity contribution in [1.82, 2.24) is 4.98 Å². The first-order valence-electron chi connectivity index (χ1n) is 2.04. The third-order valence-corrected chi connectivity index (χ3v) is 2.33. The number of carbonyl (C=O) groups is 1. The quantitative estimate of drug-likeness (QED) is 0.772. The fraction of sp³-hybridized carbons (Fsp3) is 0. The van der Waals surface area contributed by atoms with E-state index in [0.29, 0.717) is 0 Å². The Morgan fingerprint density at radius 1 is 1.89 bits per heavy atom. The standard InChI is InChI=1S/C4H2INO2S/c5-4-6-2(1-9-4)3(7)8/h1H,(H,7,8). The highest BCUT2D eigenvalue weighted by molar-refractivity contribution is 14.1. The van der Waals surface area contributed by atoms with Crippen molar-refractivity contribution in [2.45, 2.75) is 0 Å². The van der Waals surface area contributed by atoms with Gasteiger partial charge in [-0.05, 0) is 22.6 Å². The lowest BCUT2D eigenvalue weighted by Gasteiger charge is -1.78. The molecule has 0 atom stereocenters. The summed E-state index contributed by atoms with van der Waals surface area (Å²) >= 11 is 3.31. The van der Waals surface area contributed by atoms with E-state index < -0.39 is 5.97 Å². The number of rotatable bonds is 1. The van der Waals surface area contributed by atoms with Crippen LogP contribution in [0.5, 0.6) is 0 Å². The maximum Gasteiger partial charge on any atom is 0.355 e. The Balaban J connectivity index is 2.98. The summed E-state index contributed by atoms with van der Waals surface area (Å²) in [6, 6.07) is 0. The van der Waals surface area contributed by atoms with Crippen molar-refractivity contribution < 1.29 is 9.90 Å². The van der Waals surface area contributed by atoms with Crippen LogP contribution in [-0.4, -0.2) is 16.1 Å². The van der Waals surface area contributed by atoms with Crippen molar-refractivity contribution in [3.05, 3.63) is 14.1 Å². The van der Waals surface area contributed by atoms with Gasteiger partial charge in [-0.15, -0.1) is 11.3 Å². The minimum Gasteiger partial charge on any atom is -0.476 e. The van der Waals surface area contributed by atoms with Gasteiger partial charge in [0.05, 0.1) is 0 Å². The molecule has 0 saturated carbocycles. The Morgan fingerprint density at radius 2 is 2.56 bits per heavy atom. The SMILES string of the molecule is O=C(O)c1csc(I)n1. The molecule has 1 aromatic heterocycles. The molecule has 0 aliphatic heterocycles. The largest absolute Gasteiger partial charge is 0.476 e. The number of thiazole rings is 1. The summed E-state index contributed by atoms with van der Waals surface area (Å²) in [7, 11) is 0. The van der Waals surface area contributed by atoms with Crippen LogP contribution < -0.4 is 0 Å². The second-order valence-corrected chi connectivity index (χ2v) is 3.90. The van der Waals surface area contributed by atoms with E-state index in [2.05, 4.69) is 4.98 Å². The summed E-state index contributed by atoms with van der Waals surface area (Å²) in [5.74, 6) is -0.964. The smallest absolute Gasteiger partial charge is 0.355 e. The van der Waals surface area contributed by atoms with Crippen LogP contribution in [0, 0.1) is 3.01 Å². The molecule has 0 aromatic carbocycles. The van der Waals surface area contributed by atoms with Crippen LogP contribution in [0.25, 0.3) is 0 Å². The number of carboxylic acids is 1. The van der Waals surface area contributed by atoms with Gasteiger partial charge in [0, 0.05) is 5.38 Å². The predicted molar refractivity (Wildman–Crippen MR) is 41.8 cm³/mol. The highest BCUT2D eigenvalue weighted by atomic mass is 127. The van der Waals surface area contributed by atoms with E-state index in [1.54, 1.807) is 0 Å². The van der Waals surface area contributed by atoms with Gasteiger partial charge < -0.3 is 5.11 Å². The summed E-state index contributed by atoms with van der Waals surface area (Å²) in [5.41, 5.74) is 0.129. The van der Waals surface area contributed by atoms with Crippen LogP contribution in [-0.2, 0) is 0 Å². The van der Waals surface area contributed by atoms with Crippen LogP contribution in [0.1, 0.15) is 10.5 Å². The Morgan fingerprint density at radius 3 is 2.78 bits per heavy atom. The van der Waals surface area contributed by atoms with Gasteiger partial charge in [0.15, 0.2) is 8.71 Å². The number of nitrogens with zero attached hydrogens (tertiary/aromatic N) is 1. The highest BCUT2D eigenvalue weighted by Gasteiger charge is 2.05. The molecule has 1 N–H and O–H groups in total. The fourth-order valence-electron chi connectivity index (χ4n) is 0.350. The van der Waals surface area contributed by atoms with Crippen LogP contribution in [0.2, 0.25) is 0 Å². The minimum atomic E-state index is -0.964. The zero-order valence-electron chi connectivity index (χ0n) is 4.17. The topological polar surface area (TPSA) is 50.2 Å². The van der Waals surface area contributed by atoms with Gasteiger partial charge in [0.2, 0.25) is 0 Å². The summed E-state index contributed by atoms with van der Waals surface area (Å²) in [6.07, 6.45) is 0. The van der Waals surface area contributed by atoms with Crippen LogP contribution >= 0.6 is 33.9 Å². The zero-order valence-corrected chi connectivity index (χ0v) is 7.14. The van der Waals surface area contributed by atoms with E-state index in [0.717, 1.165) is 3.01 Å². The first kappa shape index (κ1) is 6.94. The number of carboxylic acid groups (broad SMARTS) is 1. The third-order valence-electron chi connectivity index (χ3n) is 0.695. The van der Waals surface area contributed by atoms with Crippen molar-refractivity contribution in [3.8, 4) is 0 Å². The van der Waals surface area contributed by atoms with Crippen molar-refractivity contribution in [3.63, 3.8) is 0 Å². The Hall–Kier alpha value is -0.170. The molecule has 0 aliphatic rings. The maximum absolute atomic E-state index is 10.2.